The standard InChI is InChI=1S/C19H26O4.C4H11NO2/c1-12-6-8-14(9-7-12)13(2)23-17(22)19(5)11-10-15(16(20)21)18(19,3)4;6-3-1-5-2-4-7/h6-9,13,15H,10-11H2,1-5H3,(H,20,21);5-7H,1-4H2. The van der Waals surface area contributed by atoms with Crippen molar-refractivity contribution in [2.45, 2.75) is 53.6 Å². The summed E-state index contributed by atoms with van der Waals surface area (Å²) < 4.78 is 5.70. The highest BCUT2D eigenvalue weighted by Gasteiger charge is 2.59. The van der Waals surface area contributed by atoms with Gasteiger partial charge in [0.1, 0.15) is 6.10 Å². The van der Waals surface area contributed by atoms with Gasteiger partial charge in [0.25, 0.3) is 0 Å². The zero-order valence-corrected chi connectivity index (χ0v) is 18.8. The number of carbonyl (C=O) groups is 2. The SMILES string of the molecule is Cc1ccc(C(C)OC(=O)C2(C)CCC(C(=O)O)C2(C)C)cc1.OCCNCCO. The molecule has 30 heavy (non-hydrogen) atoms. The van der Waals surface area contributed by atoms with E-state index in [1.807, 2.05) is 58.9 Å². The summed E-state index contributed by atoms with van der Waals surface area (Å²) in [7, 11) is 0. The molecule has 3 unspecified atom stereocenters. The first-order valence-electron chi connectivity index (χ1n) is 10.4. The number of aliphatic carboxylic acids is 1. The van der Waals surface area contributed by atoms with Crippen molar-refractivity contribution < 1.29 is 29.6 Å². The maximum absolute atomic E-state index is 12.8. The quantitative estimate of drug-likeness (QED) is 0.375. The highest BCUT2D eigenvalue weighted by Crippen LogP contribution is 2.56. The zero-order chi connectivity index (χ0) is 22.9. The Hall–Kier alpha value is -1.96. The van der Waals surface area contributed by atoms with Crippen molar-refractivity contribution in [3.63, 3.8) is 0 Å². The van der Waals surface area contributed by atoms with Crippen molar-refractivity contribution in [1.82, 2.24) is 5.32 Å². The molecule has 0 saturated heterocycles. The second-order valence-corrected chi connectivity index (χ2v) is 8.64. The van der Waals surface area contributed by atoms with Crippen LogP contribution in [0.2, 0.25) is 0 Å². The van der Waals surface area contributed by atoms with Gasteiger partial charge in [-0.1, -0.05) is 43.7 Å². The van der Waals surface area contributed by atoms with E-state index in [1.54, 1.807) is 0 Å². The van der Waals surface area contributed by atoms with Crippen LogP contribution < -0.4 is 5.32 Å². The van der Waals surface area contributed by atoms with Crippen molar-refractivity contribution in [2.24, 2.45) is 16.7 Å². The molecule has 0 amide bonds. The molecule has 7 nitrogen and oxygen atoms in total. The molecule has 0 spiro atoms. The summed E-state index contributed by atoms with van der Waals surface area (Å²) in [5, 5.41) is 28.5. The van der Waals surface area contributed by atoms with E-state index in [4.69, 9.17) is 14.9 Å². The number of ether oxygens (including phenoxy) is 1. The predicted octanol–water partition coefficient (Wildman–Crippen LogP) is 2.69. The van der Waals surface area contributed by atoms with E-state index in [-0.39, 0.29) is 25.3 Å². The Kier molecular flexibility index (Phi) is 9.94. The number of benzene rings is 1. The molecule has 1 saturated carbocycles. The molecule has 2 rings (SSSR count). The summed E-state index contributed by atoms with van der Waals surface area (Å²) >= 11 is 0. The smallest absolute Gasteiger partial charge is 0.312 e. The van der Waals surface area contributed by atoms with Crippen molar-refractivity contribution >= 4 is 11.9 Å². The number of carboxylic acid groups (broad SMARTS) is 1. The van der Waals surface area contributed by atoms with Crippen LogP contribution in [0.25, 0.3) is 0 Å². The van der Waals surface area contributed by atoms with Crippen LogP contribution in [-0.4, -0.2) is 53.6 Å². The molecule has 1 fully saturated rings. The average Bonchev–Trinajstić information content (AvgIpc) is 2.93. The molecule has 1 aliphatic rings. The highest BCUT2D eigenvalue weighted by atomic mass is 16.5. The fourth-order valence-corrected chi connectivity index (χ4v) is 3.78. The first-order chi connectivity index (χ1) is 14.0. The molecule has 3 atom stereocenters. The van der Waals surface area contributed by atoms with E-state index in [1.165, 1.54) is 0 Å². The van der Waals surface area contributed by atoms with Gasteiger partial charge in [-0.05, 0) is 44.6 Å². The summed E-state index contributed by atoms with van der Waals surface area (Å²) in [4.78, 5) is 24.2. The third-order valence-corrected chi connectivity index (χ3v) is 6.38. The van der Waals surface area contributed by atoms with Crippen LogP contribution in [-0.2, 0) is 14.3 Å². The largest absolute Gasteiger partial charge is 0.481 e. The molecule has 0 aliphatic heterocycles. The molecule has 170 valence electrons. The number of aliphatic hydroxyl groups excluding tert-OH is 2. The van der Waals surface area contributed by atoms with Gasteiger partial charge < -0.3 is 25.4 Å². The van der Waals surface area contributed by atoms with Crippen LogP contribution in [0.5, 0.6) is 0 Å². The summed E-state index contributed by atoms with van der Waals surface area (Å²) in [5.74, 6) is -1.66. The van der Waals surface area contributed by atoms with E-state index in [0.29, 0.717) is 25.9 Å². The number of nitrogens with one attached hydrogen (secondary N) is 1. The van der Waals surface area contributed by atoms with Crippen molar-refractivity contribution in [3.05, 3.63) is 35.4 Å². The van der Waals surface area contributed by atoms with Crippen molar-refractivity contribution in [3.8, 4) is 0 Å². The van der Waals surface area contributed by atoms with Gasteiger partial charge in [0, 0.05) is 13.1 Å². The molecule has 0 radical (unpaired) electrons. The van der Waals surface area contributed by atoms with Gasteiger partial charge in [-0.25, -0.2) is 0 Å². The molecule has 1 aromatic rings. The Bertz CT molecular complexity index is 683. The summed E-state index contributed by atoms with van der Waals surface area (Å²) in [6, 6.07) is 7.88. The Morgan fingerprint density at radius 3 is 2.10 bits per heavy atom. The highest BCUT2D eigenvalue weighted by molar-refractivity contribution is 5.81. The summed E-state index contributed by atoms with van der Waals surface area (Å²) in [6.45, 7) is 10.8. The van der Waals surface area contributed by atoms with Crippen LogP contribution in [0.15, 0.2) is 24.3 Å². The molecule has 0 aromatic heterocycles. The van der Waals surface area contributed by atoms with E-state index in [9.17, 15) is 14.7 Å². The van der Waals surface area contributed by atoms with Crippen molar-refractivity contribution in [2.75, 3.05) is 26.3 Å². The maximum Gasteiger partial charge on any atom is 0.312 e. The predicted molar refractivity (Wildman–Crippen MR) is 115 cm³/mol. The number of hydrogen-bond acceptors (Lipinski definition) is 6. The number of esters is 1. The maximum atomic E-state index is 12.8. The van der Waals surface area contributed by atoms with Crippen LogP contribution in [0.3, 0.4) is 0 Å². The number of rotatable bonds is 8. The number of hydrogen-bond donors (Lipinski definition) is 4. The van der Waals surface area contributed by atoms with Gasteiger partial charge >= 0.3 is 11.9 Å². The lowest BCUT2D eigenvalue weighted by Gasteiger charge is -2.38. The first-order valence-corrected chi connectivity index (χ1v) is 10.4. The van der Waals surface area contributed by atoms with Gasteiger partial charge in [0.2, 0.25) is 0 Å². The van der Waals surface area contributed by atoms with E-state index in [0.717, 1.165) is 11.1 Å². The Balaban J connectivity index is 0.000000553. The zero-order valence-electron chi connectivity index (χ0n) is 18.8. The minimum Gasteiger partial charge on any atom is -0.481 e. The number of carboxylic acids is 1. The molecule has 0 heterocycles. The Morgan fingerprint density at radius 1 is 1.13 bits per heavy atom. The van der Waals surface area contributed by atoms with Gasteiger partial charge in [-0.15, -0.1) is 0 Å². The molecule has 7 heteroatoms. The van der Waals surface area contributed by atoms with Crippen LogP contribution in [0, 0.1) is 23.7 Å². The lowest BCUT2D eigenvalue weighted by Crippen LogP contribution is -2.43. The van der Waals surface area contributed by atoms with Crippen LogP contribution in [0.4, 0.5) is 0 Å². The molecule has 0 bridgehead atoms. The van der Waals surface area contributed by atoms with E-state index < -0.39 is 22.7 Å². The Labute approximate surface area is 179 Å². The van der Waals surface area contributed by atoms with E-state index >= 15 is 0 Å². The topological polar surface area (TPSA) is 116 Å². The van der Waals surface area contributed by atoms with Gasteiger partial charge in [-0.2, -0.15) is 0 Å². The van der Waals surface area contributed by atoms with Crippen LogP contribution >= 0.6 is 0 Å². The molecule has 1 aliphatic carbocycles. The normalized spacial score (nSPS) is 23.2. The van der Waals surface area contributed by atoms with Crippen molar-refractivity contribution in [1.29, 1.82) is 0 Å². The molecule has 1 aromatic carbocycles. The second-order valence-electron chi connectivity index (χ2n) is 8.64. The number of aliphatic hydroxyl groups is 2. The molecular weight excluding hydrogens is 386 g/mol. The monoisotopic (exact) mass is 423 g/mol. The van der Waals surface area contributed by atoms with Crippen LogP contribution in [0.1, 0.15) is 57.8 Å². The number of aryl methyl sites for hydroxylation is 1. The molecule has 4 N–H and O–H groups in total. The first kappa shape index (κ1) is 26.1. The fourth-order valence-electron chi connectivity index (χ4n) is 3.78. The Morgan fingerprint density at radius 2 is 1.67 bits per heavy atom. The average molecular weight is 424 g/mol. The second kappa shape index (κ2) is 11.4. The minimum absolute atomic E-state index is 0.139. The minimum atomic E-state index is -0.835. The fraction of sp³-hybridized carbons (Fsp3) is 0.652. The summed E-state index contributed by atoms with van der Waals surface area (Å²) in [6.07, 6.45) is 0.697. The molecular formula is C23H37NO6. The number of carbonyl (C=O) groups excluding carboxylic acids is 1. The summed E-state index contributed by atoms with van der Waals surface area (Å²) in [5.41, 5.74) is 0.677. The lowest BCUT2D eigenvalue weighted by atomic mass is 9.65. The lowest BCUT2D eigenvalue weighted by molar-refractivity contribution is -0.168. The van der Waals surface area contributed by atoms with Gasteiger partial charge in [0.05, 0.1) is 24.5 Å². The third-order valence-electron chi connectivity index (χ3n) is 6.38. The third kappa shape index (κ3) is 6.27. The van der Waals surface area contributed by atoms with Gasteiger partial charge in [-0.3, -0.25) is 9.59 Å². The van der Waals surface area contributed by atoms with E-state index in [2.05, 4.69) is 5.32 Å². The van der Waals surface area contributed by atoms with Gasteiger partial charge in [0.15, 0.2) is 0 Å².